The maximum atomic E-state index is 6.96. The summed E-state index contributed by atoms with van der Waals surface area (Å²) in [6.07, 6.45) is 0. The molecule has 0 N–H and O–H groups in total. The summed E-state index contributed by atoms with van der Waals surface area (Å²) in [6, 6.07) is 67.9. The molecule has 2 heterocycles. The van der Waals surface area contributed by atoms with Crippen LogP contribution in [-0.2, 0) is 0 Å². The average molecular weight is 694 g/mol. The van der Waals surface area contributed by atoms with Crippen molar-refractivity contribution in [1.29, 1.82) is 0 Å². The Morgan fingerprint density at radius 3 is 1.87 bits per heavy atom. The van der Waals surface area contributed by atoms with Gasteiger partial charge in [-0.25, -0.2) is 0 Å². The second kappa shape index (κ2) is 11.9. The SMILES string of the molecule is c1ccc(-c2cccc3c2oc2c(N(c4ccc(-c5ccc6ccc7ccccc7c6c5)cc4)c4ccc5c(c4)sc4ccccc45)cccc23)cc1. The Hall–Kier alpha value is -6.68. The lowest BCUT2D eigenvalue weighted by Crippen LogP contribution is -2.10. The van der Waals surface area contributed by atoms with E-state index in [-0.39, 0.29) is 0 Å². The fourth-order valence-corrected chi connectivity index (χ4v) is 9.23. The summed E-state index contributed by atoms with van der Waals surface area (Å²) in [7, 11) is 0. The van der Waals surface area contributed by atoms with Crippen molar-refractivity contribution in [2.24, 2.45) is 0 Å². The van der Waals surface area contributed by atoms with Crippen LogP contribution in [0.3, 0.4) is 0 Å². The zero-order valence-corrected chi connectivity index (χ0v) is 29.5. The average Bonchev–Trinajstić information content (AvgIpc) is 3.80. The van der Waals surface area contributed by atoms with Gasteiger partial charge in [0.05, 0.1) is 5.69 Å². The van der Waals surface area contributed by atoms with Gasteiger partial charge in [-0.2, -0.15) is 0 Å². The molecule has 2 nitrogen and oxygen atoms in total. The van der Waals surface area contributed by atoms with E-state index in [4.69, 9.17) is 4.42 Å². The molecular formula is C50H31NOS. The summed E-state index contributed by atoms with van der Waals surface area (Å²) >= 11 is 1.84. The van der Waals surface area contributed by atoms with Crippen LogP contribution in [0, 0.1) is 0 Å². The zero-order valence-electron chi connectivity index (χ0n) is 28.7. The van der Waals surface area contributed by atoms with Crippen LogP contribution < -0.4 is 4.90 Å². The van der Waals surface area contributed by atoms with Crippen LogP contribution >= 0.6 is 11.3 Å². The van der Waals surface area contributed by atoms with E-state index in [0.717, 1.165) is 50.1 Å². The Morgan fingerprint density at radius 1 is 0.358 bits per heavy atom. The fourth-order valence-electron chi connectivity index (χ4n) is 8.09. The van der Waals surface area contributed by atoms with E-state index in [2.05, 4.69) is 193 Å². The van der Waals surface area contributed by atoms with Gasteiger partial charge in [-0.1, -0.05) is 146 Å². The number of thiophene rings is 1. The topological polar surface area (TPSA) is 16.4 Å². The molecule has 248 valence electrons. The molecule has 0 spiro atoms. The second-order valence-electron chi connectivity index (χ2n) is 13.7. The van der Waals surface area contributed by atoms with E-state index < -0.39 is 0 Å². The van der Waals surface area contributed by atoms with Gasteiger partial charge in [-0.15, -0.1) is 11.3 Å². The minimum absolute atomic E-state index is 0.868. The Kier molecular flexibility index (Phi) is 6.76. The van der Waals surface area contributed by atoms with Gasteiger partial charge in [0.25, 0.3) is 0 Å². The highest BCUT2D eigenvalue weighted by Crippen LogP contribution is 2.46. The summed E-state index contributed by atoms with van der Waals surface area (Å²) in [5.41, 5.74) is 9.54. The lowest BCUT2D eigenvalue weighted by atomic mass is 9.97. The molecule has 0 saturated carbocycles. The van der Waals surface area contributed by atoms with Crippen molar-refractivity contribution in [2.45, 2.75) is 0 Å². The smallest absolute Gasteiger partial charge is 0.159 e. The number of fused-ring (bicyclic) bond motifs is 9. The first kappa shape index (κ1) is 30.0. The lowest BCUT2D eigenvalue weighted by Gasteiger charge is -2.26. The molecule has 0 fully saturated rings. The Labute approximate surface area is 310 Å². The molecule has 53 heavy (non-hydrogen) atoms. The van der Waals surface area contributed by atoms with Gasteiger partial charge in [0.2, 0.25) is 0 Å². The van der Waals surface area contributed by atoms with Crippen LogP contribution in [0.5, 0.6) is 0 Å². The van der Waals surface area contributed by atoms with E-state index in [1.54, 1.807) is 0 Å². The molecule has 2 aromatic heterocycles. The maximum Gasteiger partial charge on any atom is 0.159 e. The Balaban J connectivity index is 1.10. The van der Waals surface area contributed by atoms with E-state index >= 15 is 0 Å². The van der Waals surface area contributed by atoms with Crippen LogP contribution in [0.15, 0.2) is 192 Å². The molecular weight excluding hydrogens is 663 g/mol. The quantitative estimate of drug-likeness (QED) is 0.167. The highest BCUT2D eigenvalue weighted by Gasteiger charge is 2.21. The summed E-state index contributed by atoms with van der Waals surface area (Å²) in [4.78, 5) is 2.36. The number of hydrogen-bond acceptors (Lipinski definition) is 3. The van der Waals surface area contributed by atoms with Crippen LogP contribution in [0.4, 0.5) is 17.1 Å². The molecule has 11 rings (SSSR count). The molecule has 3 heteroatoms. The van der Waals surface area contributed by atoms with Crippen molar-refractivity contribution in [2.75, 3.05) is 4.90 Å². The molecule has 0 radical (unpaired) electrons. The van der Waals surface area contributed by atoms with Gasteiger partial charge in [0.1, 0.15) is 5.58 Å². The summed E-state index contributed by atoms with van der Waals surface area (Å²) < 4.78 is 9.52. The molecule has 0 unspecified atom stereocenters. The van der Waals surface area contributed by atoms with Crippen molar-refractivity contribution >= 4 is 92.1 Å². The highest BCUT2D eigenvalue weighted by molar-refractivity contribution is 7.25. The molecule has 0 amide bonds. The molecule has 0 bridgehead atoms. The number of anilines is 3. The number of para-hydroxylation sites is 2. The predicted octanol–water partition coefficient (Wildman–Crippen LogP) is 15.1. The minimum atomic E-state index is 0.868. The third kappa shape index (κ3) is 4.86. The third-order valence-corrected chi connectivity index (χ3v) is 11.8. The van der Waals surface area contributed by atoms with E-state index in [9.17, 15) is 0 Å². The van der Waals surface area contributed by atoms with Crippen LogP contribution in [0.25, 0.3) is 85.9 Å². The van der Waals surface area contributed by atoms with Gasteiger partial charge < -0.3 is 9.32 Å². The second-order valence-corrected chi connectivity index (χ2v) is 14.8. The van der Waals surface area contributed by atoms with Gasteiger partial charge in [-0.05, 0) is 80.7 Å². The summed E-state index contributed by atoms with van der Waals surface area (Å²) in [5, 5.41) is 9.85. The van der Waals surface area contributed by atoms with Crippen molar-refractivity contribution < 1.29 is 4.42 Å². The third-order valence-electron chi connectivity index (χ3n) is 10.7. The largest absolute Gasteiger partial charge is 0.453 e. The maximum absolute atomic E-state index is 6.96. The van der Waals surface area contributed by atoms with Crippen LogP contribution in [-0.4, -0.2) is 0 Å². The first-order chi connectivity index (χ1) is 26.3. The van der Waals surface area contributed by atoms with Crippen molar-refractivity contribution in [3.8, 4) is 22.3 Å². The van der Waals surface area contributed by atoms with Gasteiger partial charge in [0.15, 0.2) is 5.58 Å². The van der Waals surface area contributed by atoms with Crippen LogP contribution in [0.2, 0.25) is 0 Å². The summed E-state index contributed by atoms with van der Waals surface area (Å²) in [5.74, 6) is 0. The molecule has 11 aromatic rings. The number of rotatable bonds is 5. The highest BCUT2D eigenvalue weighted by atomic mass is 32.1. The molecule has 0 aliphatic rings. The zero-order chi connectivity index (χ0) is 34.9. The van der Waals surface area contributed by atoms with E-state index in [1.165, 1.54) is 52.8 Å². The van der Waals surface area contributed by atoms with Crippen molar-refractivity contribution in [3.05, 3.63) is 188 Å². The number of furan rings is 1. The summed E-state index contributed by atoms with van der Waals surface area (Å²) in [6.45, 7) is 0. The molecule has 0 aliphatic heterocycles. The number of nitrogens with zero attached hydrogens (tertiary/aromatic N) is 1. The number of benzene rings is 9. The normalized spacial score (nSPS) is 11.8. The fraction of sp³-hybridized carbons (Fsp3) is 0. The van der Waals surface area contributed by atoms with E-state index in [1.807, 2.05) is 11.3 Å². The minimum Gasteiger partial charge on any atom is -0.453 e. The lowest BCUT2D eigenvalue weighted by molar-refractivity contribution is 0.670. The van der Waals surface area contributed by atoms with Gasteiger partial charge in [0, 0.05) is 47.9 Å². The standard InChI is InChI=1S/C50H31NOS/c1-2-10-33(11-3-1)40-15-8-16-43-44-17-9-18-46(50(44)52-49(40)43)51(38-28-29-42-41-14-6-7-19-47(41)53-48(42)31-38)37-26-24-32(25-27-37)36-23-22-35-21-20-34-12-4-5-13-39(34)45(35)30-36/h1-31H. The van der Waals surface area contributed by atoms with Crippen molar-refractivity contribution in [1.82, 2.24) is 0 Å². The predicted molar refractivity (Wildman–Crippen MR) is 227 cm³/mol. The van der Waals surface area contributed by atoms with Gasteiger partial charge >= 0.3 is 0 Å². The van der Waals surface area contributed by atoms with Crippen molar-refractivity contribution in [3.63, 3.8) is 0 Å². The Morgan fingerprint density at radius 2 is 1.00 bits per heavy atom. The molecule has 0 atom stereocenters. The monoisotopic (exact) mass is 693 g/mol. The Bertz CT molecular complexity index is 3170. The van der Waals surface area contributed by atoms with Gasteiger partial charge in [-0.3, -0.25) is 0 Å². The first-order valence-electron chi connectivity index (χ1n) is 18.0. The molecule has 9 aromatic carbocycles. The number of hydrogen-bond donors (Lipinski definition) is 0. The first-order valence-corrected chi connectivity index (χ1v) is 18.8. The van der Waals surface area contributed by atoms with Crippen LogP contribution in [0.1, 0.15) is 0 Å². The molecule has 0 saturated heterocycles. The van der Waals surface area contributed by atoms with E-state index in [0.29, 0.717) is 0 Å². The molecule has 0 aliphatic carbocycles.